The molecule has 0 amide bonds. The van der Waals surface area contributed by atoms with E-state index >= 15 is 0 Å². The van der Waals surface area contributed by atoms with E-state index in [2.05, 4.69) is 55.4 Å². The van der Waals surface area contributed by atoms with Crippen LogP contribution in [0.4, 0.5) is 0 Å². The molecule has 3 heterocycles. The van der Waals surface area contributed by atoms with Gasteiger partial charge in [-0.2, -0.15) is 0 Å². The van der Waals surface area contributed by atoms with Crippen LogP contribution in [0.2, 0.25) is 0 Å². The molecule has 3 rings (SSSR count). The number of esters is 7. The van der Waals surface area contributed by atoms with Gasteiger partial charge in [0.1, 0.15) is 24.9 Å². The highest BCUT2D eigenvalue weighted by molar-refractivity contribution is 5.69. The van der Waals surface area contributed by atoms with Crippen molar-refractivity contribution in [3.8, 4) is 0 Å². The molecule has 2 unspecified atom stereocenters. The summed E-state index contributed by atoms with van der Waals surface area (Å²) in [5.41, 5.74) is 0. The number of carbonyl (C=O) groups is 7. The summed E-state index contributed by atoms with van der Waals surface area (Å²) in [5.74, 6) is -0.350. The zero-order valence-electron chi connectivity index (χ0n) is 57.4. The van der Waals surface area contributed by atoms with Gasteiger partial charge in [-0.1, -0.05) is 184 Å². The second-order valence-corrected chi connectivity index (χ2v) is 27.1. The Balaban J connectivity index is 1.87. The largest absolute Gasteiger partial charge is 0.463 e. The monoisotopic (exact) mass is 1270 g/mol. The lowest BCUT2D eigenvalue weighted by molar-refractivity contribution is -0.336. The van der Waals surface area contributed by atoms with Crippen LogP contribution in [0, 0.1) is 47.3 Å². The van der Waals surface area contributed by atoms with Crippen LogP contribution in [0.3, 0.4) is 0 Å². The van der Waals surface area contributed by atoms with Gasteiger partial charge in [0.25, 0.3) is 0 Å². The van der Waals surface area contributed by atoms with E-state index in [0.717, 1.165) is 111 Å². The van der Waals surface area contributed by atoms with E-state index in [0.29, 0.717) is 36.9 Å². The van der Waals surface area contributed by atoms with Gasteiger partial charge in [-0.15, -0.1) is 0 Å². The highest BCUT2D eigenvalue weighted by Crippen LogP contribution is 2.35. The Bertz CT molecular complexity index is 2040. The van der Waals surface area contributed by atoms with Crippen molar-refractivity contribution in [2.45, 2.75) is 313 Å². The van der Waals surface area contributed by atoms with Gasteiger partial charge in [0.15, 0.2) is 49.2 Å². The molecule has 3 saturated heterocycles. The number of hydrogen-bond donors (Lipinski definition) is 0. The summed E-state index contributed by atoms with van der Waals surface area (Å²) in [6, 6.07) is 0. The van der Waals surface area contributed by atoms with Crippen molar-refractivity contribution in [2.75, 3.05) is 39.6 Å². The summed E-state index contributed by atoms with van der Waals surface area (Å²) in [7, 11) is 0. The Kier molecular flexibility index (Phi) is 39.0. The molecule has 0 aromatic heterocycles. The lowest BCUT2D eigenvalue weighted by Crippen LogP contribution is -2.65. The summed E-state index contributed by atoms with van der Waals surface area (Å²) < 4.78 is 77.6. The molecule has 0 aliphatic carbocycles. The summed E-state index contributed by atoms with van der Waals surface area (Å²) >= 11 is 0. The van der Waals surface area contributed by atoms with Gasteiger partial charge in [0, 0.05) is 61.7 Å². The zero-order valence-corrected chi connectivity index (χ0v) is 57.4. The van der Waals surface area contributed by atoms with Crippen LogP contribution in [0.25, 0.3) is 0 Å². The quantitative estimate of drug-likeness (QED) is 0.116. The Morgan fingerprint density at radius 2 is 0.596 bits per heavy atom. The van der Waals surface area contributed by atoms with E-state index in [1.54, 1.807) is 0 Å². The standard InChI is InChI=1S/C69H120O20/c1-44-22-16-24-46(3)28-20-32-50(7)36-38-77-40-59(78-39-37-51(8)33-21-29-47(4)25-17-23-45(2)27-19-31-49(6)35-34-48(5)30-18-26-44)41-80-68-66(86-57(14)75)65(85-56(13)74)63(83-54(11)72)61(89-68)43-81-69-67(87-58(15)76)64(84-55(12)73)62(82-53(10)71)60(88-69)42-79-52(9)70/h44-51,59-69H,16-43H2,1-15H3/t44-,45-,46+,47+,48?,49-,50+,51+,59?,60+,61+,62+,63+,64-,65-,66+,67+,68+,69+/m0/s1. The Hall–Kier alpha value is -3.95. The third kappa shape index (κ3) is 34.0. The van der Waals surface area contributed by atoms with Gasteiger partial charge < -0.3 is 61.6 Å². The average molecular weight is 1270 g/mol. The molecule has 20 heteroatoms. The van der Waals surface area contributed by atoms with Gasteiger partial charge in [0.05, 0.1) is 19.8 Å². The van der Waals surface area contributed by atoms with Crippen molar-refractivity contribution in [2.24, 2.45) is 47.3 Å². The summed E-state index contributed by atoms with van der Waals surface area (Å²) in [5, 5.41) is 0. The summed E-state index contributed by atoms with van der Waals surface area (Å²) in [6.45, 7) is 26.7. The third-order valence-electron chi connectivity index (χ3n) is 17.9. The van der Waals surface area contributed by atoms with Crippen LogP contribution >= 0.6 is 0 Å². The highest BCUT2D eigenvalue weighted by Gasteiger charge is 2.56. The first kappa shape index (κ1) is 79.3. The Labute approximate surface area is 534 Å². The maximum absolute atomic E-state index is 12.9. The van der Waals surface area contributed by atoms with Gasteiger partial charge in [-0.05, 0) is 60.2 Å². The lowest BCUT2D eigenvalue weighted by atomic mass is 9.88. The van der Waals surface area contributed by atoms with Crippen LogP contribution in [-0.2, 0) is 95.1 Å². The third-order valence-corrected chi connectivity index (χ3v) is 17.9. The minimum absolute atomic E-state index is 0.143. The molecule has 3 fully saturated rings. The van der Waals surface area contributed by atoms with Crippen LogP contribution in [0.15, 0.2) is 0 Å². The molecular formula is C69H120O20. The molecule has 3 aliphatic rings. The second kappa shape index (κ2) is 43.8. The molecule has 0 saturated carbocycles. The first-order valence-electron chi connectivity index (χ1n) is 34.1. The number of ether oxygens (including phenoxy) is 13. The smallest absolute Gasteiger partial charge is 0.303 e. The predicted molar refractivity (Wildman–Crippen MR) is 335 cm³/mol. The highest BCUT2D eigenvalue weighted by atomic mass is 16.8. The van der Waals surface area contributed by atoms with E-state index in [4.69, 9.17) is 61.6 Å². The van der Waals surface area contributed by atoms with Gasteiger partial charge >= 0.3 is 41.8 Å². The van der Waals surface area contributed by atoms with E-state index in [-0.39, 0.29) is 13.2 Å². The molecule has 89 heavy (non-hydrogen) atoms. The lowest BCUT2D eigenvalue weighted by Gasteiger charge is -2.46. The van der Waals surface area contributed by atoms with E-state index < -0.39 is 123 Å². The normalized spacial score (nSPS) is 34.3. The molecule has 0 aromatic carbocycles. The average Bonchev–Trinajstić information content (AvgIpc) is 0.967. The molecule has 0 N–H and O–H groups in total. The molecule has 0 radical (unpaired) electrons. The first-order chi connectivity index (χ1) is 42.2. The van der Waals surface area contributed by atoms with Crippen molar-refractivity contribution in [3.63, 3.8) is 0 Å². The predicted octanol–water partition coefficient (Wildman–Crippen LogP) is 12.7. The molecule has 516 valence electrons. The number of hydrogen-bond acceptors (Lipinski definition) is 20. The van der Waals surface area contributed by atoms with E-state index in [1.165, 1.54) is 103 Å². The molecule has 19 atom stereocenters. The van der Waals surface area contributed by atoms with E-state index in [9.17, 15) is 33.6 Å². The van der Waals surface area contributed by atoms with Crippen LogP contribution in [0.5, 0.6) is 0 Å². The minimum atomic E-state index is -1.67. The molecule has 0 bridgehead atoms. The van der Waals surface area contributed by atoms with Crippen molar-refractivity contribution in [1.82, 2.24) is 0 Å². The van der Waals surface area contributed by atoms with Crippen LogP contribution < -0.4 is 0 Å². The van der Waals surface area contributed by atoms with Crippen molar-refractivity contribution in [3.05, 3.63) is 0 Å². The van der Waals surface area contributed by atoms with Crippen LogP contribution in [0.1, 0.15) is 245 Å². The maximum Gasteiger partial charge on any atom is 0.303 e. The van der Waals surface area contributed by atoms with Crippen LogP contribution in [-0.4, -0.2) is 149 Å². The summed E-state index contributed by atoms with van der Waals surface area (Å²) in [6.07, 6.45) is 11.2. The van der Waals surface area contributed by atoms with Crippen molar-refractivity contribution < 1.29 is 95.1 Å². The zero-order chi connectivity index (χ0) is 66.0. The number of carbonyl (C=O) groups excluding carboxylic acids is 7. The topological polar surface area (TPSA) is 239 Å². The van der Waals surface area contributed by atoms with Gasteiger partial charge in [0.2, 0.25) is 0 Å². The molecular weight excluding hydrogens is 1150 g/mol. The maximum atomic E-state index is 12.9. The van der Waals surface area contributed by atoms with Gasteiger partial charge in [-0.25, -0.2) is 0 Å². The van der Waals surface area contributed by atoms with E-state index in [1.807, 2.05) is 0 Å². The first-order valence-corrected chi connectivity index (χ1v) is 34.1. The molecule has 0 aromatic rings. The molecule has 3 aliphatic heterocycles. The fourth-order valence-electron chi connectivity index (χ4n) is 12.5. The minimum Gasteiger partial charge on any atom is -0.463 e. The SMILES string of the molecule is CC(=O)OC[C@H]1O[C@@H](OC[C@H]2O[C@@H](OCC3COCC[C@H](C)CCC[C@H](C)CCC[C@H](C)CCCC(C)CC[C@@H](C)CCC[C@@H](C)CCC[C@@H](C)CCC[C@@H](C)CCO3)[C@H](OC(C)=O)[C@@H](OC(C)=O)[C@@H]2OC(C)=O)[C@H](OC(C)=O)[C@@H](OC(C)=O)[C@@H]1OC(C)=O. The Morgan fingerprint density at radius 3 is 0.933 bits per heavy atom. The number of rotatable bonds is 14. The Morgan fingerprint density at radius 1 is 0.315 bits per heavy atom. The van der Waals surface area contributed by atoms with Gasteiger partial charge in [-0.3, -0.25) is 33.6 Å². The molecule has 0 spiro atoms. The summed E-state index contributed by atoms with van der Waals surface area (Å²) in [4.78, 5) is 88.3. The fourth-order valence-corrected chi connectivity index (χ4v) is 12.5. The van der Waals surface area contributed by atoms with Crippen molar-refractivity contribution in [1.29, 1.82) is 0 Å². The molecule has 20 nitrogen and oxygen atoms in total. The second-order valence-electron chi connectivity index (χ2n) is 27.1. The van der Waals surface area contributed by atoms with Crippen molar-refractivity contribution >= 4 is 41.8 Å². The fraction of sp³-hybridized carbons (Fsp3) is 0.899.